The van der Waals surface area contributed by atoms with Crippen molar-refractivity contribution < 1.29 is 4.79 Å². The van der Waals surface area contributed by atoms with E-state index in [2.05, 4.69) is 20.4 Å². The molecule has 0 saturated carbocycles. The zero-order valence-electron chi connectivity index (χ0n) is 18.9. The summed E-state index contributed by atoms with van der Waals surface area (Å²) in [5.74, 6) is 1.56. The van der Waals surface area contributed by atoms with Gasteiger partial charge in [-0.05, 0) is 48.7 Å². The average molecular weight is 504 g/mol. The topological polar surface area (TPSA) is 78.7 Å². The van der Waals surface area contributed by atoms with Gasteiger partial charge < -0.3 is 15.1 Å². The average Bonchev–Trinajstić information content (AvgIpc) is 3.54. The molecule has 0 spiro atoms. The highest BCUT2D eigenvalue weighted by molar-refractivity contribution is 7.13. The minimum absolute atomic E-state index is 0.0343. The summed E-state index contributed by atoms with van der Waals surface area (Å²) in [4.78, 5) is 23.1. The van der Waals surface area contributed by atoms with Gasteiger partial charge in [0.25, 0.3) is 0 Å². The summed E-state index contributed by atoms with van der Waals surface area (Å²) in [5, 5.41) is 15.6. The molecule has 1 aliphatic rings. The fraction of sp³-hybridized carbons (Fsp3) is 0.200. The van der Waals surface area contributed by atoms with Gasteiger partial charge in [0.2, 0.25) is 5.95 Å². The summed E-state index contributed by atoms with van der Waals surface area (Å²) in [7, 11) is 0. The number of fused-ring (bicyclic) bond motifs is 3. The second-order valence-electron chi connectivity index (χ2n) is 8.52. The van der Waals surface area contributed by atoms with Gasteiger partial charge in [-0.15, -0.1) is 21.5 Å². The highest BCUT2D eigenvalue weighted by Gasteiger charge is 2.30. The van der Waals surface area contributed by atoms with Gasteiger partial charge in [0.1, 0.15) is 0 Å². The van der Waals surface area contributed by atoms with Crippen LogP contribution in [-0.4, -0.2) is 56.2 Å². The van der Waals surface area contributed by atoms with Crippen molar-refractivity contribution in [1.29, 1.82) is 0 Å². The van der Waals surface area contributed by atoms with Crippen molar-refractivity contribution in [3.8, 4) is 10.7 Å². The van der Waals surface area contributed by atoms with E-state index in [4.69, 9.17) is 16.6 Å². The van der Waals surface area contributed by atoms with Crippen molar-refractivity contribution in [2.75, 3.05) is 29.9 Å². The van der Waals surface area contributed by atoms with E-state index in [1.807, 2.05) is 70.1 Å². The number of nitrogens with one attached hydrogen (secondary N) is 1. The molecule has 4 heterocycles. The molecule has 0 radical (unpaired) electrons. The molecule has 1 N–H and O–H groups in total. The van der Waals surface area contributed by atoms with E-state index in [1.165, 1.54) is 0 Å². The Morgan fingerprint density at radius 1 is 1.09 bits per heavy atom. The number of para-hydroxylation sites is 1. The van der Waals surface area contributed by atoms with Crippen LogP contribution in [0.3, 0.4) is 0 Å². The summed E-state index contributed by atoms with van der Waals surface area (Å²) in [6, 6.07) is 19.0. The first kappa shape index (κ1) is 21.8. The van der Waals surface area contributed by atoms with Crippen LogP contribution in [0.1, 0.15) is 6.92 Å². The Kier molecular flexibility index (Phi) is 5.50. The molecule has 35 heavy (non-hydrogen) atoms. The maximum Gasteiger partial charge on any atom is 0.322 e. The first-order valence-electron chi connectivity index (χ1n) is 11.3. The number of nitrogens with zero attached hydrogens (tertiary/aromatic N) is 6. The number of aromatic nitrogens is 4. The summed E-state index contributed by atoms with van der Waals surface area (Å²) < 4.78 is 2.04. The Hall–Kier alpha value is -3.69. The highest BCUT2D eigenvalue weighted by atomic mass is 35.5. The molecule has 5 aromatic rings. The molecule has 176 valence electrons. The van der Waals surface area contributed by atoms with Crippen LogP contribution < -0.4 is 10.2 Å². The fourth-order valence-electron chi connectivity index (χ4n) is 4.55. The van der Waals surface area contributed by atoms with Crippen LogP contribution in [0.25, 0.3) is 27.3 Å². The van der Waals surface area contributed by atoms with E-state index < -0.39 is 0 Å². The van der Waals surface area contributed by atoms with Crippen molar-refractivity contribution in [3.63, 3.8) is 0 Å². The first-order chi connectivity index (χ1) is 17.1. The number of benzene rings is 2. The predicted molar refractivity (Wildman–Crippen MR) is 140 cm³/mol. The molecule has 0 aliphatic carbocycles. The molecule has 6 rings (SSSR count). The van der Waals surface area contributed by atoms with Gasteiger partial charge in [-0.25, -0.2) is 14.2 Å². The molecule has 0 unspecified atom stereocenters. The smallest absolute Gasteiger partial charge is 0.322 e. The number of hydrogen-bond donors (Lipinski definition) is 1. The third-order valence-corrected chi connectivity index (χ3v) is 7.32. The maximum atomic E-state index is 13.0. The molecule has 2 aromatic carbocycles. The lowest BCUT2D eigenvalue weighted by Crippen LogP contribution is -2.55. The fourth-order valence-corrected chi connectivity index (χ4v) is 5.43. The largest absolute Gasteiger partial charge is 0.338 e. The number of urea groups is 1. The minimum atomic E-state index is -0.139. The van der Waals surface area contributed by atoms with Gasteiger partial charge in [-0.3, -0.25) is 0 Å². The first-order valence-corrected chi connectivity index (χ1v) is 12.6. The van der Waals surface area contributed by atoms with Crippen LogP contribution in [0.5, 0.6) is 0 Å². The summed E-state index contributed by atoms with van der Waals surface area (Å²) in [6.07, 6.45) is 0. The Morgan fingerprint density at radius 2 is 1.97 bits per heavy atom. The van der Waals surface area contributed by atoms with E-state index in [9.17, 15) is 4.79 Å². The molecule has 2 amide bonds. The van der Waals surface area contributed by atoms with Crippen molar-refractivity contribution in [1.82, 2.24) is 24.5 Å². The van der Waals surface area contributed by atoms with E-state index >= 15 is 0 Å². The molecule has 8 nitrogen and oxygen atoms in total. The number of thiophene rings is 1. The Bertz CT molecular complexity index is 1530. The number of hydrogen-bond acceptors (Lipinski definition) is 6. The normalized spacial score (nSPS) is 16.2. The van der Waals surface area contributed by atoms with Gasteiger partial charge in [0, 0.05) is 41.8 Å². The number of anilines is 2. The van der Waals surface area contributed by atoms with Gasteiger partial charge in [0.05, 0.1) is 10.4 Å². The van der Waals surface area contributed by atoms with E-state index in [0.717, 1.165) is 33.2 Å². The van der Waals surface area contributed by atoms with Gasteiger partial charge in [-0.1, -0.05) is 35.9 Å². The van der Waals surface area contributed by atoms with Crippen molar-refractivity contribution in [2.24, 2.45) is 0 Å². The quantitative estimate of drug-likeness (QED) is 0.356. The van der Waals surface area contributed by atoms with E-state index in [-0.39, 0.29) is 12.1 Å². The number of carbonyl (C=O) groups is 1. The molecule has 1 atom stereocenters. The van der Waals surface area contributed by atoms with E-state index in [0.29, 0.717) is 30.3 Å². The maximum absolute atomic E-state index is 13.0. The molecule has 1 fully saturated rings. The monoisotopic (exact) mass is 503 g/mol. The van der Waals surface area contributed by atoms with Crippen LogP contribution in [0.15, 0.2) is 66.0 Å². The molecular formula is C25H22ClN7OS. The van der Waals surface area contributed by atoms with E-state index in [1.54, 1.807) is 23.5 Å². The number of piperazine rings is 1. The van der Waals surface area contributed by atoms with Crippen LogP contribution in [-0.2, 0) is 0 Å². The SMILES string of the molecule is C[C@H]1CN(c2nc3ccccc3c3nnc(-c4cccs4)n23)CCN1C(=O)Nc1cccc(Cl)c1. The number of rotatable bonds is 3. The highest BCUT2D eigenvalue weighted by Crippen LogP contribution is 2.31. The van der Waals surface area contributed by atoms with Gasteiger partial charge in [-0.2, -0.15) is 0 Å². The molecule has 0 bridgehead atoms. The van der Waals surface area contributed by atoms with Gasteiger partial charge in [0.15, 0.2) is 11.5 Å². The van der Waals surface area contributed by atoms with Gasteiger partial charge >= 0.3 is 6.03 Å². The summed E-state index contributed by atoms with van der Waals surface area (Å²) in [6.45, 7) is 3.87. The lowest BCUT2D eigenvalue weighted by Gasteiger charge is -2.40. The minimum Gasteiger partial charge on any atom is -0.338 e. The van der Waals surface area contributed by atoms with Crippen LogP contribution in [0.2, 0.25) is 5.02 Å². The molecule has 10 heteroatoms. The lowest BCUT2D eigenvalue weighted by atomic mass is 10.2. The second kappa shape index (κ2) is 8.83. The number of amides is 2. The van der Waals surface area contributed by atoms with Crippen LogP contribution in [0.4, 0.5) is 16.4 Å². The van der Waals surface area contributed by atoms with Crippen molar-refractivity contribution in [2.45, 2.75) is 13.0 Å². The van der Waals surface area contributed by atoms with Crippen LogP contribution in [0, 0.1) is 0 Å². The Labute approximate surface area is 210 Å². The third kappa shape index (κ3) is 3.96. The molecule has 1 saturated heterocycles. The van der Waals surface area contributed by atoms with Crippen molar-refractivity contribution in [3.05, 3.63) is 71.1 Å². The standard InChI is InChI=1S/C25H22ClN7OS/c1-16-15-31(11-12-32(16)25(34)27-18-7-4-6-17(26)14-18)24-28-20-9-3-2-8-19(20)22-29-30-23(33(22)24)21-10-5-13-35-21/h2-10,13-14,16H,11-12,15H2,1H3,(H,27,34)/t16-/m0/s1. The lowest BCUT2D eigenvalue weighted by molar-refractivity contribution is 0.184. The Morgan fingerprint density at radius 3 is 2.77 bits per heavy atom. The second-order valence-corrected chi connectivity index (χ2v) is 9.90. The summed E-state index contributed by atoms with van der Waals surface area (Å²) in [5.41, 5.74) is 2.33. The molecular weight excluding hydrogens is 482 g/mol. The predicted octanol–water partition coefficient (Wildman–Crippen LogP) is 5.40. The summed E-state index contributed by atoms with van der Waals surface area (Å²) >= 11 is 7.69. The third-order valence-electron chi connectivity index (χ3n) is 6.22. The van der Waals surface area contributed by atoms with Crippen molar-refractivity contribution >= 4 is 57.2 Å². The molecule has 3 aromatic heterocycles. The number of halogens is 1. The van der Waals surface area contributed by atoms with Crippen LogP contribution >= 0.6 is 22.9 Å². The zero-order valence-corrected chi connectivity index (χ0v) is 20.5. The Balaban J connectivity index is 1.33. The number of carbonyl (C=O) groups excluding carboxylic acids is 1. The zero-order chi connectivity index (χ0) is 23.9. The molecule has 1 aliphatic heterocycles.